The second-order valence-electron chi connectivity index (χ2n) is 4.77. The molecule has 0 atom stereocenters. The summed E-state index contributed by atoms with van der Waals surface area (Å²) in [6.07, 6.45) is 9.23. The largest absolute Gasteiger partial charge is 0.363 e. The van der Waals surface area contributed by atoms with Crippen molar-refractivity contribution in [3.63, 3.8) is 0 Å². The van der Waals surface area contributed by atoms with Gasteiger partial charge in [0.2, 0.25) is 5.91 Å². The number of carbonyl (C=O) groups is 1. The fraction of sp³-hybridized carbons (Fsp3) is 0.667. The van der Waals surface area contributed by atoms with Crippen molar-refractivity contribution >= 4 is 11.6 Å². The second-order valence-corrected chi connectivity index (χ2v) is 4.77. The Morgan fingerprint density at radius 2 is 2.12 bits per heavy atom. The van der Waals surface area contributed by atoms with Crippen LogP contribution in [-0.2, 0) is 4.79 Å². The quantitative estimate of drug-likeness (QED) is 0.787. The summed E-state index contributed by atoms with van der Waals surface area (Å²) >= 11 is 0. The van der Waals surface area contributed by atoms with Crippen LogP contribution in [0.25, 0.3) is 0 Å². The lowest BCUT2D eigenvalue weighted by Gasteiger charge is -2.29. The van der Waals surface area contributed by atoms with E-state index >= 15 is 0 Å². The summed E-state index contributed by atoms with van der Waals surface area (Å²) in [7, 11) is 0. The van der Waals surface area contributed by atoms with Crippen molar-refractivity contribution in [1.82, 2.24) is 5.16 Å². The predicted molar refractivity (Wildman–Crippen MR) is 64.3 cm³/mol. The van der Waals surface area contributed by atoms with Crippen LogP contribution in [0.2, 0.25) is 0 Å². The molecule has 0 aliphatic heterocycles. The van der Waals surface area contributed by atoms with Crippen molar-refractivity contribution in [2.24, 2.45) is 11.1 Å². The van der Waals surface area contributed by atoms with Crippen LogP contribution in [0.1, 0.15) is 38.5 Å². The van der Waals surface area contributed by atoms with Gasteiger partial charge in [0.05, 0.1) is 11.6 Å². The van der Waals surface area contributed by atoms with E-state index < -0.39 is 5.41 Å². The van der Waals surface area contributed by atoms with Gasteiger partial charge in [0.1, 0.15) is 12.0 Å². The van der Waals surface area contributed by atoms with Gasteiger partial charge < -0.3 is 15.6 Å². The van der Waals surface area contributed by atoms with E-state index in [1.165, 1.54) is 25.3 Å². The van der Waals surface area contributed by atoms with Gasteiger partial charge in [0, 0.05) is 6.54 Å². The topological polar surface area (TPSA) is 81.2 Å². The van der Waals surface area contributed by atoms with Crippen molar-refractivity contribution < 1.29 is 9.32 Å². The summed E-state index contributed by atoms with van der Waals surface area (Å²) in [4.78, 5) is 12.3. The Labute approximate surface area is 101 Å². The lowest BCUT2D eigenvalue weighted by Crippen LogP contribution is -2.42. The third-order valence-corrected chi connectivity index (χ3v) is 3.62. The van der Waals surface area contributed by atoms with Crippen LogP contribution >= 0.6 is 0 Å². The van der Waals surface area contributed by atoms with Crippen LogP contribution in [-0.4, -0.2) is 17.6 Å². The number of amides is 1. The Bertz CT molecular complexity index is 354. The number of nitrogens with one attached hydrogen (secondary N) is 1. The molecule has 2 rings (SSSR count). The molecule has 1 fully saturated rings. The predicted octanol–water partition coefficient (Wildman–Crippen LogP) is 1.91. The van der Waals surface area contributed by atoms with E-state index in [2.05, 4.69) is 10.5 Å². The van der Waals surface area contributed by atoms with Crippen molar-refractivity contribution in [1.29, 1.82) is 0 Å². The highest BCUT2D eigenvalue weighted by atomic mass is 16.5. The van der Waals surface area contributed by atoms with Crippen molar-refractivity contribution in [3.8, 4) is 0 Å². The molecule has 0 aromatic carbocycles. The van der Waals surface area contributed by atoms with E-state index in [4.69, 9.17) is 10.3 Å². The molecule has 1 saturated carbocycles. The van der Waals surface area contributed by atoms with E-state index in [0.717, 1.165) is 25.7 Å². The third-order valence-electron chi connectivity index (χ3n) is 3.62. The lowest BCUT2D eigenvalue weighted by atomic mass is 9.79. The third kappa shape index (κ3) is 2.66. The van der Waals surface area contributed by atoms with Gasteiger partial charge >= 0.3 is 0 Å². The highest BCUT2D eigenvalue weighted by Gasteiger charge is 2.37. The molecule has 0 saturated heterocycles. The normalized spacial score (nSPS) is 19.6. The van der Waals surface area contributed by atoms with Crippen molar-refractivity contribution in [2.75, 3.05) is 11.9 Å². The van der Waals surface area contributed by atoms with E-state index in [9.17, 15) is 4.79 Å². The Hall–Kier alpha value is -1.36. The summed E-state index contributed by atoms with van der Waals surface area (Å²) in [5.41, 5.74) is 6.03. The number of carbonyl (C=O) groups excluding carboxylic acids is 1. The highest BCUT2D eigenvalue weighted by Crippen LogP contribution is 2.35. The maximum absolute atomic E-state index is 12.3. The van der Waals surface area contributed by atoms with E-state index in [-0.39, 0.29) is 5.91 Å². The van der Waals surface area contributed by atoms with Gasteiger partial charge in [-0.1, -0.05) is 30.8 Å². The Morgan fingerprint density at radius 3 is 2.65 bits per heavy atom. The standard InChI is InChI=1S/C12H19N3O2/c13-9-12(5-3-1-2-4-6-12)11(16)15-10-7-14-17-8-10/h7-8H,1-6,9,13H2,(H,15,16). The smallest absolute Gasteiger partial charge is 0.231 e. The average molecular weight is 237 g/mol. The fourth-order valence-corrected chi connectivity index (χ4v) is 2.46. The van der Waals surface area contributed by atoms with Gasteiger partial charge in [-0.3, -0.25) is 4.79 Å². The fourth-order valence-electron chi connectivity index (χ4n) is 2.46. The number of nitrogens with two attached hydrogens (primary N) is 1. The number of hydrogen-bond donors (Lipinski definition) is 2. The molecule has 1 aromatic heterocycles. The average Bonchev–Trinajstić information content (AvgIpc) is 2.72. The number of aromatic nitrogens is 1. The number of hydrogen-bond acceptors (Lipinski definition) is 4. The Morgan fingerprint density at radius 1 is 1.41 bits per heavy atom. The van der Waals surface area contributed by atoms with E-state index in [0.29, 0.717) is 12.2 Å². The minimum atomic E-state index is -0.409. The summed E-state index contributed by atoms with van der Waals surface area (Å²) in [5.74, 6) is 0.00472. The first-order valence-electron chi connectivity index (χ1n) is 6.18. The summed E-state index contributed by atoms with van der Waals surface area (Å²) < 4.78 is 4.70. The van der Waals surface area contributed by atoms with Gasteiger partial charge in [-0.2, -0.15) is 0 Å². The minimum absolute atomic E-state index is 0.00472. The van der Waals surface area contributed by atoms with Crippen LogP contribution in [0, 0.1) is 5.41 Å². The SMILES string of the molecule is NCC1(C(=O)Nc2cnoc2)CCCCCC1. The van der Waals surface area contributed by atoms with Crippen LogP contribution in [0.3, 0.4) is 0 Å². The van der Waals surface area contributed by atoms with E-state index in [1.54, 1.807) is 0 Å². The zero-order valence-electron chi connectivity index (χ0n) is 9.95. The molecule has 1 aliphatic carbocycles. The first kappa shape index (κ1) is 12.1. The van der Waals surface area contributed by atoms with Crippen LogP contribution in [0.5, 0.6) is 0 Å². The molecule has 17 heavy (non-hydrogen) atoms. The summed E-state index contributed by atoms with van der Waals surface area (Å²) in [6.45, 7) is 0.407. The molecule has 94 valence electrons. The number of anilines is 1. The summed E-state index contributed by atoms with van der Waals surface area (Å²) in [5, 5.41) is 6.40. The molecule has 0 radical (unpaired) electrons. The minimum Gasteiger partial charge on any atom is -0.363 e. The van der Waals surface area contributed by atoms with Gasteiger partial charge in [-0.25, -0.2) is 0 Å². The molecule has 0 spiro atoms. The van der Waals surface area contributed by atoms with Gasteiger partial charge in [0.25, 0.3) is 0 Å². The number of rotatable bonds is 3. The Balaban J connectivity index is 2.07. The van der Waals surface area contributed by atoms with Gasteiger partial charge in [-0.15, -0.1) is 0 Å². The lowest BCUT2D eigenvalue weighted by molar-refractivity contribution is -0.125. The second kappa shape index (κ2) is 5.31. The molecule has 5 nitrogen and oxygen atoms in total. The zero-order valence-corrected chi connectivity index (χ0v) is 9.95. The highest BCUT2D eigenvalue weighted by molar-refractivity contribution is 5.95. The summed E-state index contributed by atoms with van der Waals surface area (Å²) in [6, 6.07) is 0. The van der Waals surface area contributed by atoms with Gasteiger partial charge in [-0.05, 0) is 12.8 Å². The van der Waals surface area contributed by atoms with Crippen LogP contribution in [0.15, 0.2) is 17.0 Å². The maximum atomic E-state index is 12.3. The molecule has 5 heteroatoms. The molecule has 1 aliphatic rings. The van der Waals surface area contributed by atoms with Crippen LogP contribution in [0.4, 0.5) is 5.69 Å². The molecule has 1 heterocycles. The number of nitrogens with zero attached hydrogens (tertiary/aromatic N) is 1. The first-order valence-corrected chi connectivity index (χ1v) is 6.18. The molecule has 3 N–H and O–H groups in total. The van der Waals surface area contributed by atoms with Crippen molar-refractivity contribution in [2.45, 2.75) is 38.5 Å². The molecular formula is C12H19N3O2. The van der Waals surface area contributed by atoms with Crippen LogP contribution < -0.4 is 11.1 Å². The molecule has 1 aromatic rings. The van der Waals surface area contributed by atoms with Gasteiger partial charge in [0.15, 0.2) is 0 Å². The van der Waals surface area contributed by atoms with Crippen molar-refractivity contribution in [3.05, 3.63) is 12.5 Å². The zero-order chi connectivity index (χ0) is 12.1. The maximum Gasteiger partial charge on any atom is 0.231 e. The molecular weight excluding hydrogens is 218 g/mol. The molecule has 1 amide bonds. The molecule has 0 bridgehead atoms. The molecule has 0 unspecified atom stereocenters. The van der Waals surface area contributed by atoms with E-state index in [1.807, 2.05) is 0 Å². The Kier molecular flexibility index (Phi) is 3.78. The monoisotopic (exact) mass is 237 g/mol. The first-order chi connectivity index (χ1) is 8.27.